The summed E-state index contributed by atoms with van der Waals surface area (Å²) in [6.45, 7) is 3.37. The molecule has 4 rings (SSSR count). The first-order valence-electron chi connectivity index (χ1n) is 7.11. The Balaban J connectivity index is 2.00. The summed E-state index contributed by atoms with van der Waals surface area (Å²) in [4.78, 5) is 4.86. The zero-order valence-electron chi connectivity index (χ0n) is 11.5. The lowest BCUT2D eigenvalue weighted by atomic mass is 9.85. The Morgan fingerprint density at radius 1 is 1.45 bits per heavy atom. The van der Waals surface area contributed by atoms with Crippen LogP contribution in [0, 0.1) is 0 Å². The molecule has 4 nitrogen and oxygen atoms in total. The average molecular weight is 292 g/mol. The summed E-state index contributed by atoms with van der Waals surface area (Å²) >= 11 is 6.41. The molecule has 2 unspecified atom stereocenters. The van der Waals surface area contributed by atoms with Gasteiger partial charge in [0.05, 0.1) is 34.7 Å². The van der Waals surface area contributed by atoms with Crippen LogP contribution in [0.4, 0.5) is 0 Å². The first kappa shape index (κ1) is 12.6. The molecular weight excluding hydrogens is 274 g/mol. The first-order valence-corrected chi connectivity index (χ1v) is 7.49. The second kappa shape index (κ2) is 4.20. The summed E-state index contributed by atoms with van der Waals surface area (Å²) in [5, 5.41) is 0.768. The van der Waals surface area contributed by atoms with Gasteiger partial charge in [-0.15, -0.1) is 0 Å². The lowest BCUT2D eigenvalue weighted by Crippen LogP contribution is -2.43. The van der Waals surface area contributed by atoms with Crippen molar-refractivity contribution in [1.29, 1.82) is 0 Å². The molecule has 5 heteroatoms. The molecule has 1 aromatic heterocycles. The molecule has 0 amide bonds. The maximum atomic E-state index is 6.41. The number of nitrogens with two attached hydrogens (primary N) is 1. The largest absolute Gasteiger partial charge is 0.379 e. The third-order valence-corrected chi connectivity index (χ3v) is 4.91. The van der Waals surface area contributed by atoms with Gasteiger partial charge >= 0.3 is 0 Å². The normalized spacial score (nSPS) is 30.2. The molecule has 106 valence electrons. The number of aromatic nitrogens is 2. The topological polar surface area (TPSA) is 53.1 Å². The molecule has 0 spiro atoms. The number of benzene rings is 1. The summed E-state index contributed by atoms with van der Waals surface area (Å²) in [6, 6.07) is 6.40. The maximum Gasteiger partial charge on any atom is 0.120 e. The van der Waals surface area contributed by atoms with Gasteiger partial charge in [0, 0.05) is 12.1 Å². The Kier molecular flexibility index (Phi) is 2.65. The van der Waals surface area contributed by atoms with Gasteiger partial charge in [0.15, 0.2) is 0 Å². The van der Waals surface area contributed by atoms with E-state index in [4.69, 9.17) is 27.1 Å². The van der Waals surface area contributed by atoms with Crippen molar-refractivity contribution in [3.8, 4) is 0 Å². The minimum absolute atomic E-state index is 0.0180. The zero-order valence-corrected chi connectivity index (χ0v) is 12.2. The molecule has 1 aliphatic carbocycles. The van der Waals surface area contributed by atoms with Crippen LogP contribution in [0.1, 0.15) is 31.6 Å². The first-order chi connectivity index (χ1) is 9.61. The fourth-order valence-electron chi connectivity index (χ4n) is 3.12. The van der Waals surface area contributed by atoms with Gasteiger partial charge in [-0.2, -0.15) is 0 Å². The number of halogens is 1. The summed E-state index contributed by atoms with van der Waals surface area (Å²) in [5.41, 5.74) is 8.06. The highest BCUT2D eigenvalue weighted by Crippen LogP contribution is 2.44. The van der Waals surface area contributed by atoms with Crippen molar-refractivity contribution in [2.24, 2.45) is 5.73 Å². The van der Waals surface area contributed by atoms with Gasteiger partial charge in [0.25, 0.3) is 0 Å². The number of nitrogens with zero attached hydrogens (tertiary/aromatic N) is 2. The summed E-state index contributed by atoms with van der Waals surface area (Å²) in [6.07, 6.45) is 2.38. The van der Waals surface area contributed by atoms with E-state index in [-0.39, 0.29) is 11.5 Å². The van der Waals surface area contributed by atoms with E-state index in [0.29, 0.717) is 19.3 Å². The van der Waals surface area contributed by atoms with Gasteiger partial charge in [0.1, 0.15) is 5.82 Å². The van der Waals surface area contributed by atoms with Crippen LogP contribution in [0.25, 0.3) is 11.0 Å². The van der Waals surface area contributed by atoms with Gasteiger partial charge in [-0.05, 0) is 31.9 Å². The average Bonchev–Trinajstić information content (AvgIpc) is 3.09. The highest BCUT2D eigenvalue weighted by Gasteiger charge is 2.45. The number of ether oxygens (including phenoxy) is 1. The smallest absolute Gasteiger partial charge is 0.120 e. The van der Waals surface area contributed by atoms with E-state index >= 15 is 0 Å². The molecule has 2 heterocycles. The van der Waals surface area contributed by atoms with Gasteiger partial charge in [-0.3, -0.25) is 0 Å². The van der Waals surface area contributed by atoms with Crippen LogP contribution in [0.5, 0.6) is 0 Å². The maximum absolute atomic E-state index is 6.41. The predicted octanol–water partition coefficient (Wildman–Crippen LogP) is 2.64. The lowest BCUT2D eigenvalue weighted by molar-refractivity contribution is 0.177. The molecule has 1 aliphatic heterocycles. The highest BCUT2D eigenvalue weighted by atomic mass is 35.5. The van der Waals surface area contributed by atoms with Crippen molar-refractivity contribution >= 4 is 22.6 Å². The standard InChI is InChI=1S/C15H18ClN3O/c1-15(8-20-7-12(15)17)14-18-11-4-2-3-10(16)13(11)19(14)9-5-6-9/h2-4,9,12H,5-8,17H2,1H3. The van der Waals surface area contributed by atoms with Crippen molar-refractivity contribution in [2.45, 2.75) is 37.3 Å². The van der Waals surface area contributed by atoms with E-state index in [9.17, 15) is 0 Å². The van der Waals surface area contributed by atoms with Gasteiger partial charge in [0.2, 0.25) is 0 Å². The molecule has 0 radical (unpaired) electrons. The Morgan fingerprint density at radius 2 is 2.25 bits per heavy atom. The SMILES string of the molecule is CC1(c2nc3cccc(Cl)c3n2C2CC2)COCC1N. The van der Waals surface area contributed by atoms with E-state index in [0.717, 1.165) is 21.9 Å². The third-order valence-electron chi connectivity index (χ3n) is 4.60. The molecule has 1 saturated carbocycles. The van der Waals surface area contributed by atoms with Crippen LogP contribution in [0.3, 0.4) is 0 Å². The second-order valence-electron chi connectivity index (χ2n) is 6.18. The van der Waals surface area contributed by atoms with Crippen LogP contribution in [0.2, 0.25) is 5.02 Å². The van der Waals surface area contributed by atoms with Crippen LogP contribution in [-0.4, -0.2) is 28.8 Å². The van der Waals surface area contributed by atoms with Crippen molar-refractivity contribution in [1.82, 2.24) is 9.55 Å². The number of rotatable bonds is 2. The Morgan fingerprint density at radius 3 is 2.90 bits per heavy atom. The van der Waals surface area contributed by atoms with Crippen molar-refractivity contribution in [3.05, 3.63) is 29.0 Å². The number of hydrogen-bond donors (Lipinski definition) is 1. The molecule has 0 bridgehead atoms. The number of hydrogen-bond acceptors (Lipinski definition) is 3. The van der Waals surface area contributed by atoms with Crippen molar-refractivity contribution in [2.75, 3.05) is 13.2 Å². The molecular formula is C15H18ClN3O. The van der Waals surface area contributed by atoms with Gasteiger partial charge in [-0.1, -0.05) is 17.7 Å². The van der Waals surface area contributed by atoms with Crippen LogP contribution >= 0.6 is 11.6 Å². The number of para-hydroxylation sites is 1. The fraction of sp³-hybridized carbons (Fsp3) is 0.533. The van der Waals surface area contributed by atoms with Crippen LogP contribution in [0.15, 0.2) is 18.2 Å². The zero-order chi connectivity index (χ0) is 13.9. The van der Waals surface area contributed by atoms with Crippen LogP contribution in [-0.2, 0) is 10.2 Å². The summed E-state index contributed by atoms with van der Waals surface area (Å²) in [5.74, 6) is 1.04. The van der Waals surface area contributed by atoms with E-state index in [1.807, 2.05) is 18.2 Å². The van der Waals surface area contributed by atoms with E-state index in [2.05, 4.69) is 11.5 Å². The van der Waals surface area contributed by atoms with Crippen LogP contribution < -0.4 is 5.73 Å². The Labute approximate surface area is 122 Å². The Bertz CT molecular complexity index is 679. The lowest BCUT2D eigenvalue weighted by Gasteiger charge is -2.27. The molecule has 20 heavy (non-hydrogen) atoms. The second-order valence-corrected chi connectivity index (χ2v) is 6.59. The monoisotopic (exact) mass is 291 g/mol. The predicted molar refractivity (Wildman–Crippen MR) is 79.2 cm³/mol. The molecule has 2 aliphatic rings. The Hall–Kier alpha value is -1.10. The molecule has 2 atom stereocenters. The van der Waals surface area contributed by atoms with Crippen molar-refractivity contribution in [3.63, 3.8) is 0 Å². The molecule has 2 fully saturated rings. The molecule has 2 N–H and O–H groups in total. The van der Waals surface area contributed by atoms with E-state index in [1.54, 1.807) is 0 Å². The van der Waals surface area contributed by atoms with E-state index in [1.165, 1.54) is 12.8 Å². The third kappa shape index (κ3) is 1.65. The van der Waals surface area contributed by atoms with Gasteiger partial charge < -0.3 is 15.0 Å². The minimum Gasteiger partial charge on any atom is -0.379 e. The quantitative estimate of drug-likeness (QED) is 0.925. The number of imidazole rings is 1. The summed E-state index contributed by atoms with van der Waals surface area (Å²) < 4.78 is 7.91. The fourth-order valence-corrected chi connectivity index (χ4v) is 3.38. The molecule has 2 aromatic rings. The van der Waals surface area contributed by atoms with Gasteiger partial charge in [-0.25, -0.2) is 4.98 Å². The number of fused-ring (bicyclic) bond motifs is 1. The molecule has 1 aromatic carbocycles. The van der Waals surface area contributed by atoms with Crippen molar-refractivity contribution < 1.29 is 4.74 Å². The highest BCUT2D eigenvalue weighted by molar-refractivity contribution is 6.35. The molecule has 1 saturated heterocycles. The minimum atomic E-state index is -0.231. The summed E-state index contributed by atoms with van der Waals surface area (Å²) in [7, 11) is 0. The van der Waals surface area contributed by atoms with E-state index < -0.39 is 0 Å².